The molecule has 0 amide bonds. The topological polar surface area (TPSA) is 140 Å². The van der Waals surface area contributed by atoms with Crippen molar-refractivity contribution >= 4 is 20.2 Å². The third kappa shape index (κ3) is 13.1. The molecule has 0 aliphatic carbocycles. The molecule has 0 saturated heterocycles. The van der Waals surface area contributed by atoms with Crippen LogP contribution in [0.15, 0.2) is 36.7 Å². The third-order valence-electron chi connectivity index (χ3n) is 4.08. The smallest absolute Gasteiger partial charge is 0.741 e. The molecule has 2 rings (SSSR count). The Morgan fingerprint density at radius 2 is 0.838 bits per heavy atom. The van der Waals surface area contributed by atoms with Gasteiger partial charge in [-0.05, 0) is 46.2 Å². The zero-order chi connectivity index (χ0) is 29.0. The maximum Gasteiger partial charge on any atom is 2.00 e. The minimum Gasteiger partial charge on any atom is -0.741 e. The predicted molar refractivity (Wildman–Crippen MR) is 116 cm³/mol. The van der Waals surface area contributed by atoms with Crippen LogP contribution in [0.4, 0.5) is 26.3 Å². The van der Waals surface area contributed by atoms with Crippen LogP contribution in [0.2, 0.25) is 0 Å². The van der Waals surface area contributed by atoms with Gasteiger partial charge in [0.2, 0.25) is 0 Å². The summed E-state index contributed by atoms with van der Waals surface area (Å²) in [7, 11) is -12.2. The van der Waals surface area contributed by atoms with Gasteiger partial charge in [-0.1, -0.05) is 41.5 Å². The van der Waals surface area contributed by atoms with Gasteiger partial charge < -0.3 is 9.11 Å². The van der Waals surface area contributed by atoms with E-state index >= 15 is 0 Å². The molecule has 0 spiro atoms. The second kappa shape index (κ2) is 12.9. The number of rotatable bonds is 1. The number of hydrogen-bond acceptors (Lipinski definition) is 8. The van der Waals surface area contributed by atoms with Crippen molar-refractivity contribution in [3.05, 3.63) is 47.8 Å². The van der Waals surface area contributed by atoms with E-state index in [-0.39, 0.29) is 31.3 Å². The molecule has 0 atom stereocenters. The molecule has 0 bridgehead atoms. The van der Waals surface area contributed by atoms with E-state index in [0.717, 1.165) is 11.4 Å². The molecule has 0 aromatic carbocycles. The standard InChI is InChI=1S/C18H24N2.2CHF3O3S.Pd/c1-17(2,3)13-7-9-19-15(11-13)16-12-14(8-10-20-16)18(4,5)6;2*2-1(3,4)8(5,6)7;/h7-12H,1-6H3;2*(H,5,6,7);/q;;;+2/p-2. The summed E-state index contributed by atoms with van der Waals surface area (Å²) in [5, 5.41) is 0. The van der Waals surface area contributed by atoms with Crippen molar-refractivity contribution in [2.24, 2.45) is 0 Å². The summed E-state index contributed by atoms with van der Waals surface area (Å²) < 4.78 is 118. The minimum atomic E-state index is -6.09. The van der Waals surface area contributed by atoms with Crippen LogP contribution in [-0.2, 0) is 51.5 Å². The Balaban J connectivity index is 0. The molecule has 214 valence electrons. The van der Waals surface area contributed by atoms with E-state index in [1.54, 1.807) is 0 Å². The first-order valence-corrected chi connectivity index (χ1v) is 12.5. The first-order chi connectivity index (χ1) is 15.7. The van der Waals surface area contributed by atoms with Crippen molar-refractivity contribution in [1.29, 1.82) is 0 Å². The van der Waals surface area contributed by atoms with E-state index in [0.29, 0.717) is 0 Å². The summed E-state index contributed by atoms with van der Waals surface area (Å²) in [6, 6.07) is 8.46. The molecule has 0 aliphatic heterocycles. The first kappa shape index (κ1) is 37.5. The van der Waals surface area contributed by atoms with Crippen molar-refractivity contribution in [3.63, 3.8) is 0 Å². The summed E-state index contributed by atoms with van der Waals surface area (Å²) in [4.78, 5) is 8.97. The predicted octanol–water partition coefficient (Wildman–Crippen LogP) is 4.84. The quantitative estimate of drug-likeness (QED) is 0.182. The summed E-state index contributed by atoms with van der Waals surface area (Å²) >= 11 is 0. The van der Waals surface area contributed by atoms with Crippen molar-refractivity contribution in [3.8, 4) is 11.4 Å². The summed E-state index contributed by atoms with van der Waals surface area (Å²) in [5.41, 5.74) is -6.58. The van der Waals surface area contributed by atoms with Gasteiger partial charge in [0.25, 0.3) is 0 Å². The van der Waals surface area contributed by atoms with E-state index in [1.807, 2.05) is 12.4 Å². The van der Waals surface area contributed by atoms with Crippen molar-refractivity contribution in [1.82, 2.24) is 9.97 Å². The number of aromatic nitrogens is 2. The zero-order valence-electron chi connectivity index (χ0n) is 20.2. The average molecular weight is 673 g/mol. The normalized spacial score (nSPS) is 12.8. The van der Waals surface area contributed by atoms with E-state index in [4.69, 9.17) is 25.9 Å². The van der Waals surface area contributed by atoms with Crippen LogP contribution >= 0.6 is 0 Å². The van der Waals surface area contributed by atoms with Gasteiger partial charge >= 0.3 is 31.4 Å². The fourth-order valence-electron chi connectivity index (χ4n) is 2.07. The Bertz CT molecular complexity index is 1140. The Kier molecular flexibility index (Phi) is 13.1. The molecule has 0 aliphatic rings. The minimum absolute atomic E-state index is 0. The van der Waals surface area contributed by atoms with Gasteiger partial charge in [0.05, 0.1) is 11.4 Å². The van der Waals surface area contributed by atoms with Gasteiger partial charge in [0, 0.05) is 12.4 Å². The van der Waals surface area contributed by atoms with Gasteiger partial charge in [-0.25, -0.2) is 16.8 Å². The molecule has 37 heavy (non-hydrogen) atoms. The summed E-state index contributed by atoms with van der Waals surface area (Å²) in [6.45, 7) is 13.3. The number of hydrogen-bond donors (Lipinski definition) is 0. The van der Waals surface area contributed by atoms with Crippen molar-refractivity contribution in [2.45, 2.75) is 63.4 Å². The second-order valence-corrected chi connectivity index (χ2v) is 11.9. The van der Waals surface area contributed by atoms with E-state index in [2.05, 4.69) is 75.8 Å². The molecular formula is C20H24F6N2O6PdS2. The number of halogens is 6. The van der Waals surface area contributed by atoms with Gasteiger partial charge in [-0.15, -0.1) is 0 Å². The maximum atomic E-state index is 10.7. The van der Waals surface area contributed by atoms with Crippen LogP contribution in [0.3, 0.4) is 0 Å². The molecule has 17 heteroatoms. The molecule has 2 aromatic heterocycles. The van der Waals surface area contributed by atoms with Crippen LogP contribution < -0.4 is 0 Å². The molecule has 0 radical (unpaired) electrons. The van der Waals surface area contributed by atoms with Crippen LogP contribution in [-0.4, -0.2) is 46.9 Å². The van der Waals surface area contributed by atoms with E-state index in [9.17, 15) is 26.3 Å². The monoisotopic (exact) mass is 672 g/mol. The number of pyridine rings is 2. The number of alkyl halides is 6. The Morgan fingerprint density at radius 1 is 0.622 bits per heavy atom. The van der Waals surface area contributed by atoms with Crippen LogP contribution in [0, 0.1) is 0 Å². The Labute approximate surface area is 225 Å². The maximum absolute atomic E-state index is 10.7. The molecule has 2 heterocycles. The van der Waals surface area contributed by atoms with Crippen LogP contribution in [0.25, 0.3) is 11.4 Å². The molecule has 8 nitrogen and oxygen atoms in total. The number of nitrogens with zero attached hydrogens (tertiary/aromatic N) is 2. The van der Waals surface area contributed by atoms with Gasteiger partial charge in [-0.2, -0.15) is 26.3 Å². The Morgan fingerprint density at radius 3 is 1.00 bits per heavy atom. The van der Waals surface area contributed by atoms with E-state index < -0.39 is 31.3 Å². The zero-order valence-corrected chi connectivity index (χ0v) is 23.4. The molecule has 2 aromatic rings. The van der Waals surface area contributed by atoms with Gasteiger partial charge in [0.1, 0.15) is 0 Å². The SMILES string of the molecule is CC(C)(C)c1ccnc(-c2cc(C(C)(C)C)ccn2)c1.O=S(=O)([O-])C(F)(F)F.O=S(=O)([O-])C(F)(F)F.[Pd+2]. The van der Waals surface area contributed by atoms with Crippen LogP contribution in [0.5, 0.6) is 0 Å². The summed E-state index contributed by atoms with van der Waals surface area (Å²) in [6.07, 6.45) is 3.75. The molecule has 0 N–H and O–H groups in total. The van der Waals surface area contributed by atoms with Crippen molar-refractivity contribution in [2.75, 3.05) is 0 Å². The molecule has 0 fully saturated rings. The molecule has 0 saturated carbocycles. The van der Waals surface area contributed by atoms with Gasteiger partial charge in [0.15, 0.2) is 20.2 Å². The largest absolute Gasteiger partial charge is 2.00 e. The average Bonchev–Trinajstić information content (AvgIpc) is 2.65. The Hall–Kier alpha value is -1.64. The summed E-state index contributed by atoms with van der Waals surface area (Å²) in [5.74, 6) is 0. The van der Waals surface area contributed by atoms with Crippen molar-refractivity contribution < 1.29 is 72.7 Å². The van der Waals surface area contributed by atoms with E-state index in [1.165, 1.54) is 11.1 Å². The second-order valence-electron chi connectivity index (χ2n) is 9.16. The molecule has 0 unspecified atom stereocenters. The first-order valence-electron chi connectivity index (χ1n) is 9.65. The van der Waals surface area contributed by atoms with Gasteiger partial charge in [-0.3, -0.25) is 9.97 Å². The third-order valence-corrected chi connectivity index (χ3v) is 5.22. The fourth-order valence-corrected chi connectivity index (χ4v) is 2.07. The fraction of sp³-hybridized carbons (Fsp3) is 0.500. The molecular weight excluding hydrogens is 649 g/mol. The van der Waals surface area contributed by atoms with Crippen LogP contribution in [0.1, 0.15) is 52.7 Å².